The van der Waals surface area contributed by atoms with Crippen LogP contribution >= 0.6 is 11.8 Å². The molecule has 2 heterocycles. The van der Waals surface area contributed by atoms with Gasteiger partial charge in [-0.3, -0.25) is 14.2 Å². The monoisotopic (exact) mass is 383 g/mol. The summed E-state index contributed by atoms with van der Waals surface area (Å²) in [5.41, 5.74) is 0.324. The molecular formula is C20H18FN3O2S. The van der Waals surface area contributed by atoms with Crippen molar-refractivity contribution in [2.24, 2.45) is 0 Å². The highest BCUT2D eigenvalue weighted by molar-refractivity contribution is 7.99. The van der Waals surface area contributed by atoms with Gasteiger partial charge >= 0.3 is 0 Å². The van der Waals surface area contributed by atoms with Gasteiger partial charge in [-0.2, -0.15) is 0 Å². The topological polar surface area (TPSA) is 55.2 Å². The molecule has 2 aromatic carbocycles. The standard InChI is InChI=1S/C20H18FN3O2S/c21-15-8-2-4-10-17(15)24-19(26)14-7-1-3-9-16(14)22-20(24)27-13-18(25)23-11-5-6-12-23/h1-4,7-10H,5-6,11-13H2. The summed E-state index contributed by atoms with van der Waals surface area (Å²) in [7, 11) is 0. The SMILES string of the molecule is O=C(CSc1nc2ccccc2c(=O)n1-c1ccccc1F)N1CCCC1. The molecule has 5 nitrogen and oxygen atoms in total. The minimum absolute atomic E-state index is 0.0139. The average Bonchev–Trinajstić information content (AvgIpc) is 3.22. The van der Waals surface area contributed by atoms with Gasteiger partial charge in [0.25, 0.3) is 5.56 Å². The number of thioether (sulfide) groups is 1. The summed E-state index contributed by atoms with van der Waals surface area (Å²) in [6, 6.07) is 13.1. The van der Waals surface area contributed by atoms with E-state index in [0.717, 1.165) is 25.9 Å². The Bertz CT molecular complexity index is 1060. The van der Waals surface area contributed by atoms with Crippen LogP contribution in [0.1, 0.15) is 12.8 Å². The smallest absolute Gasteiger partial charge is 0.266 e. The van der Waals surface area contributed by atoms with E-state index in [9.17, 15) is 14.0 Å². The molecule has 7 heteroatoms. The Hall–Kier alpha value is -2.67. The number of hydrogen-bond donors (Lipinski definition) is 0. The lowest BCUT2D eigenvalue weighted by molar-refractivity contribution is -0.127. The molecule has 0 unspecified atom stereocenters. The minimum Gasteiger partial charge on any atom is -0.342 e. The molecule has 1 aromatic heterocycles. The molecule has 0 bridgehead atoms. The van der Waals surface area contributed by atoms with E-state index in [1.165, 1.54) is 22.4 Å². The van der Waals surface area contributed by atoms with Crippen molar-refractivity contribution in [3.05, 3.63) is 64.7 Å². The van der Waals surface area contributed by atoms with E-state index in [-0.39, 0.29) is 22.9 Å². The zero-order valence-corrected chi connectivity index (χ0v) is 15.4. The van der Waals surface area contributed by atoms with Crippen LogP contribution in [0.2, 0.25) is 0 Å². The van der Waals surface area contributed by atoms with Crippen LogP contribution in [0.4, 0.5) is 4.39 Å². The molecule has 0 aliphatic carbocycles. The Balaban J connectivity index is 1.78. The number of rotatable bonds is 4. The summed E-state index contributed by atoms with van der Waals surface area (Å²) >= 11 is 1.17. The molecule has 1 aliphatic rings. The minimum atomic E-state index is -0.510. The molecule has 0 spiro atoms. The Kier molecular flexibility index (Phi) is 4.94. The van der Waals surface area contributed by atoms with Crippen molar-refractivity contribution in [2.75, 3.05) is 18.8 Å². The van der Waals surface area contributed by atoms with E-state index < -0.39 is 5.82 Å². The molecule has 1 fully saturated rings. The van der Waals surface area contributed by atoms with Crippen LogP contribution in [-0.2, 0) is 4.79 Å². The van der Waals surface area contributed by atoms with Crippen molar-refractivity contribution >= 4 is 28.6 Å². The van der Waals surface area contributed by atoms with E-state index in [1.54, 1.807) is 42.5 Å². The number of carbonyl (C=O) groups is 1. The van der Waals surface area contributed by atoms with Crippen molar-refractivity contribution in [2.45, 2.75) is 18.0 Å². The second kappa shape index (κ2) is 7.52. The molecule has 4 rings (SSSR count). The summed E-state index contributed by atoms with van der Waals surface area (Å²) in [6.07, 6.45) is 2.04. The largest absolute Gasteiger partial charge is 0.342 e. The van der Waals surface area contributed by atoms with Crippen molar-refractivity contribution in [1.29, 1.82) is 0 Å². The molecular weight excluding hydrogens is 365 g/mol. The predicted octanol–water partition coefficient (Wildman–Crippen LogP) is 3.24. The molecule has 27 heavy (non-hydrogen) atoms. The first-order valence-electron chi connectivity index (χ1n) is 8.82. The van der Waals surface area contributed by atoms with Gasteiger partial charge in [0.1, 0.15) is 5.82 Å². The quantitative estimate of drug-likeness (QED) is 0.513. The molecule has 0 N–H and O–H groups in total. The van der Waals surface area contributed by atoms with Crippen LogP contribution in [0, 0.1) is 5.82 Å². The summed E-state index contributed by atoms with van der Waals surface area (Å²) in [5, 5.41) is 0.729. The molecule has 138 valence electrons. The van der Waals surface area contributed by atoms with Crippen LogP contribution in [0.5, 0.6) is 0 Å². The highest BCUT2D eigenvalue weighted by Crippen LogP contribution is 2.23. The molecule has 0 atom stereocenters. The van der Waals surface area contributed by atoms with Crippen molar-refractivity contribution < 1.29 is 9.18 Å². The zero-order chi connectivity index (χ0) is 18.8. The van der Waals surface area contributed by atoms with Crippen LogP contribution in [0.3, 0.4) is 0 Å². The van der Waals surface area contributed by atoms with Crippen LogP contribution in [0.25, 0.3) is 16.6 Å². The lowest BCUT2D eigenvalue weighted by Gasteiger charge is -2.16. The molecule has 1 amide bonds. The first-order valence-corrected chi connectivity index (χ1v) is 9.81. The van der Waals surface area contributed by atoms with E-state index in [4.69, 9.17) is 0 Å². The third-order valence-electron chi connectivity index (χ3n) is 4.62. The Morgan fingerprint density at radius 2 is 1.78 bits per heavy atom. The maximum Gasteiger partial charge on any atom is 0.266 e. The first kappa shape index (κ1) is 17.7. The van der Waals surface area contributed by atoms with E-state index in [1.807, 2.05) is 4.90 Å². The van der Waals surface area contributed by atoms with Crippen LogP contribution in [0.15, 0.2) is 58.5 Å². The number of fused-ring (bicyclic) bond motifs is 1. The fourth-order valence-electron chi connectivity index (χ4n) is 3.24. The second-order valence-electron chi connectivity index (χ2n) is 6.38. The van der Waals surface area contributed by atoms with Gasteiger partial charge < -0.3 is 4.90 Å². The second-order valence-corrected chi connectivity index (χ2v) is 7.32. The third kappa shape index (κ3) is 3.47. The Morgan fingerprint density at radius 1 is 1.07 bits per heavy atom. The van der Waals surface area contributed by atoms with Gasteiger partial charge in [-0.05, 0) is 37.1 Å². The summed E-state index contributed by atoms with van der Waals surface area (Å²) in [6.45, 7) is 1.54. The van der Waals surface area contributed by atoms with E-state index >= 15 is 0 Å². The molecule has 1 saturated heterocycles. The lowest BCUT2D eigenvalue weighted by atomic mass is 10.2. The number of hydrogen-bond acceptors (Lipinski definition) is 4. The van der Waals surface area contributed by atoms with Gasteiger partial charge in [0.15, 0.2) is 5.16 Å². The number of benzene rings is 2. The van der Waals surface area contributed by atoms with Gasteiger partial charge in [-0.15, -0.1) is 0 Å². The van der Waals surface area contributed by atoms with Crippen LogP contribution < -0.4 is 5.56 Å². The average molecular weight is 383 g/mol. The van der Waals surface area contributed by atoms with Crippen molar-refractivity contribution in [3.8, 4) is 5.69 Å². The molecule has 0 saturated carbocycles. The predicted molar refractivity (Wildman–Crippen MR) is 104 cm³/mol. The summed E-state index contributed by atoms with van der Waals surface area (Å²) in [5.74, 6) is -0.330. The van der Waals surface area contributed by atoms with Crippen molar-refractivity contribution in [1.82, 2.24) is 14.5 Å². The van der Waals surface area contributed by atoms with Gasteiger partial charge in [0.2, 0.25) is 5.91 Å². The molecule has 0 radical (unpaired) electrons. The number of para-hydroxylation sites is 2. The lowest BCUT2D eigenvalue weighted by Crippen LogP contribution is -2.30. The number of aromatic nitrogens is 2. The first-order chi connectivity index (χ1) is 13.1. The van der Waals surface area contributed by atoms with Crippen LogP contribution in [-0.4, -0.2) is 39.2 Å². The fraction of sp³-hybridized carbons (Fsp3) is 0.250. The summed E-state index contributed by atoms with van der Waals surface area (Å²) in [4.78, 5) is 31.8. The zero-order valence-electron chi connectivity index (χ0n) is 14.6. The molecule has 1 aliphatic heterocycles. The number of carbonyl (C=O) groups excluding carboxylic acids is 1. The van der Waals surface area contributed by atoms with Gasteiger partial charge in [0.05, 0.1) is 22.3 Å². The number of halogens is 1. The maximum absolute atomic E-state index is 14.4. The van der Waals surface area contributed by atoms with Gasteiger partial charge in [0, 0.05) is 13.1 Å². The normalized spacial score (nSPS) is 14.0. The van der Waals surface area contributed by atoms with E-state index in [0.29, 0.717) is 16.1 Å². The Morgan fingerprint density at radius 3 is 2.56 bits per heavy atom. The number of likely N-dealkylation sites (tertiary alicyclic amines) is 1. The number of nitrogens with zero attached hydrogens (tertiary/aromatic N) is 3. The fourth-order valence-corrected chi connectivity index (χ4v) is 4.15. The summed E-state index contributed by atoms with van der Waals surface area (Å²) < 4.78 is 15.7. The van der Waals surface area contributed by atoms with Crippen molar-refractivity contribution in [3.63, 3.8) is 0 Å². The van der Waals surface area contributed by atoms with Gasteiger partial charge in [-0.25, -0.2) is 9.37 Å². The highest BCUT2D eigenvalue weighted by atomic mass is 32.2. The maximum atomic E-state index is 14.4. The third-order valence-corrected chi connectivity index (χ3v) is 5.55. The Labute approximate surface area is 159 Å². The number of amides is 1. The van der Waals surface area contributed by atoms with E-state index in [2.05, 4.69) is 4.98 Å². The van der Waals surface area contributed by atoms with Gasteiger partial charge in [-0.1, -0.05) is 36.0 Å². The molecule has 3 aromatic rings. The highest BCUT2D eigenvalue weighted by Gasteiger charge is 2.21.